The fourth-order valence-corrected chi connectivity index (χ4v) is 3.02. The number of nitrogens with two attached hydrogens (primary N) is 1. The number of aliphatic hydroxyl groups is 1. The Kier molecular flexibility index (Phi) is 6.25. The average molecular weight is 393 g/mol. The molecule has 0 spiro atoms. The molecule has 3 aromatic rings. The first-order chi connectivity index (χ1) is 14.0. The molecule has 0 bridgehead atoms. The van der Waals surface area contributed by atoms with Crippen molar-refractivity contribution in [2.45, 2.75) is 12.8 Å². The maximum Gasteiger partial charge on any atom is 0.227 e. The Bertz CT molecular complexity index is 1030. The molecular formula is C21H23N5O3. The number of anilines is 2. The van der Waals surface area contributed by atoms with Crippen LogP contribution in [0.2, 0.25) is 0 Å². The van der Waals surface area contributed by atoms with E-state index in [9.17, 15) is 14.7 Å². The summed E-state index contributed by atoms with van der Waals surface area (Å²) < 4.78 is 0. The number of amides is 2. The maximum atomic E-state index is 12.7. The van der Waals surface area contributed by atoms with Gasteiger partial charge in [-0.1, -0.05) is 0 Å². The Morgan fingerprint density at radius 3 is 2.55 bits per heavy atom. The summed E-state index contributed by atoms with van der Waals surface area (Å²) in [5, 5.41) is 20.4. The van der Waals surface area contributed by atoms with E-state index < -0.39 is 0 Å². The van der Waals surface area contributed by atoms with E-state index in [0.29, 0.717) is 16.9 Å². The van der Waals surface area contributed by atoms with Crippen LogP contribution in [0.4, 0.5) is 11.4 Å². The van der Waals surface area contributed by atoms with Gasteiger partial charge in [0, 0.05) is 53.4 Å². The third-order valence-corrected chi connectivity index (χ3v) is 4.52. The number of aromatic nitrogens is 1. The molecule has 6 N–H and O–H groups in total. The molecule has 0 saturated carbocycles. The van der Waals surface area contributed by atoms with Crippen LogP contribution < -0.4 is 16.0 Å². The lowest BCUT2D eigenvalue weighted by Crippen LogP contribution is -2.34. The van der Waals surface area contributed by atoms with Crippen LogP contribution in [-0.2, 0) is 9.59 Å². The first-order valence-corrected chi connectivity index (χ1v) is 9.20. The molecule has 0 radical (unpaired) electrons. The molecule has 2 amide bonds. The van der Waals surface area contributed by atoms with Crippen LogP contribution in [0.3, 0.4) is 0 Å². The highest BCUT2D eigenvalue weighted by molar-refractivity contribution is 6.00. The Balaban J connectivity index is 1.60. The number of carbonyl (C=O) groups excluding carboxylic acids is 2. The molecule has 2 aromatic carbocycles. The van der Waals surface area contributed by atoms with Gasteiger partial charge in [-0.2, -0.15) is 0 Å². The summed E-state index contributed by atoms with van der Waals surface area (Å²) in [6.45, 7) is -0.0193. The lowest BCUT2D eigenvalue weighted by Gasteiger charge is -2.22. The van der Waals surface area contributed by atoms with Crippen molar-refractivity contribution in [2.24, 2.45) is 5.73 Å². The number of fused-ring (bicyclic) bond motifs is 1. The van der Waals surface area contributed by atoms with Crippen molar-refractivity contribution in [3.05, 3.63) is 60.3 Å². The van der Waals surface area contributed by atoms with Crippen LogP contribution in [-0.4, -0.2) is 40.9 Å². The molecule has 3 rings (SSSR count). The van der Waals surface area contributed by atoms with Gasteiger partial charge >= 0.3 is 0 Å². The highest BCUT2D eigenvalue weighted by Gasteiger charge is 2.17. The fourth-order valence-electron chi connectivity index (χ4n) is 3.02. The summed E-state index contributed by atoms with van der Waals surface area (Å²) in [6, 6.07) is 14.1. The molecule has 0 saturated heterocycles. The monoisotopic (exact) mass is 393 g/mol. The zero-order valence-electron chi connectivity index (χ0n) is 15.8. The largest absolute Gasteiger partial charge is 0.395 e. The number of H-pyrrole nitrogens is 1. The van der Waals surface area contributed by atoms with E-state index in [-0.39, 0.29) is 43.6 Å². The summed E-state index contributed by atoms with van der Waals surface area (Å²) in [6.07, 6.45) is 1.85. The molecule has 0 fully saturated rings. The minimum atomic E-state index is -0.293. The number of hydrogen-bond donors (Lipinski definition) is 5. The lowest BCUT2D eigenvalue weighted by molar-refractivity contribution is -0.122. The molecule has 0 aliphatic rings. The molecule has 1 aromatic heterocycles. The number of carbonyl (C=O) groups is 2. The van der Waals surface area contributed by atoms with Crippen molar-refractivity contribution in [3.8, 4) is 0 Å². The van der Waals surface area contributed by atoms with Crippen molar-refractivity contribution in [1.29, 1.82) is 5.41 Å². The van der Waals surface area contributed by atoms with Crippen molar-refractivity contribution in [2.75, 3.05) is 23.4 Å². The van der Waals surface area contributed by atoms with Gasteiger partial charge in [0.15, 0.2) is 0 Å². The SMILES string of the molecule is N=C(N)c1ccc(NC(=O)CCC(=O)N(CCO)c2ccc3[nH]ccc3c2)cc1. The number of amidine groups is 1. The average Bonchev–Trinajstić information content (AvgIpc) is 3.18. The molecule has 29 heavy (non-hydrogen) atoms. The van der Waals surface area contributed by atoms with Crippen LogP contribution >= 0.6 is 0 Å². The molecule has 0 aliphatic carbocycles. The number of rotatable bonds is 8. The molecule has 0 unspecified atom stereocenters. The quantitative estimate of drug-likeness (QED) is 0.296. The number of aromatic amines is 1. The Labute approximate surface area is 167 Å². The molecule has 8 nitrogen and oxygen atoms in total. The molecule has 1 heterocycles. The van der Waals surface area contributed by atoms with Gasteiger partial charge in [-0.15, -0.1) is 0 Å². The molecule has 8 heteroatoms. The van der Waals surface area contributed by atoms with Gasteiger partial charge in [0.05, 0.1) is 6.61 Å². The zero-order chi connectivity index (χ0) is 20.8. The third-order valence-electron chi connectivity index (χ3n) is 4.52. The maximum absolute atomic E-state index is 12.7. The number of nitrogens with zero attached hydrogens (tertiary/aromatic N) is 1. The predicted molar refractivity (Wildman–Crippen MR) is 113 cm³/mol. The Hall–Kier alpha value is -3.65. The molecule has 150 valence electrons. The molecule has 0 aliphatic heterocycles. The van der Waals surface area contributed by atoms with Crippen LogP contribution in [0.15, 0.2) is 54.7 Å². The van der Waals surface area contributed by atoms with Crippen molar-refractivity contribution < 1.29 is 14.7 Å². The normalized spacial score (nSPS) is 10.7. The number of nitrogen functional groups attached to an aromatic ring is 1. The Morgan fingerprint density at radius 2 is 1.86 bits per heavy atom. The smallest absolute Gasteiger partial charge is 0.227 e. The lowest BCUT2D eigenvalue weighted by atomic mass is 10.1. The van der Waals surface area contributed by atoms with Crippen LogP contribution in [0.1, 0.15) is 18.4 Å². The van der Waals surface area contributed by atoms with E-state index in [1.807, 2.05) is 30.5 Å². The van der Waals surface area contributed by atoms with Gasteiger partial charge in [0.25, 0.3) is 0 Å². The van der Waals surface area contributed by atoms with Gasteiger partial charge in [0.2, 0.25) is 11.8 Å². The first-order valence-electron chi connectivity index (χ1n) is 9.20. The minimum absolute atomic E-state index is 0.0155. The van der Waals surface area contributed by atoms with E-state index in [2.05, 4.69) is 10.3 Å². The summed E-state index contributed by atoms with van der Waals surface area (Å²) in [5.41, 5.74) is 8.18. The van der Waals surface area contributed by atoms with Crippen LogP contribution in [0, 0.1) is 5.41 Å². The number of aliphatic hydroxyl groups excluding tert-OH is 1. The summed E-state index contributed by atoms with van der Waals surface area (Å²) in [7, 11) is 0. The van der Waals surface area contributed by atoms with E-state index in [1.54, 1.807) is 24.3 Å². The second-order valence-corrected chi connectivity index (χ2v) is 6.56. The van der Waals surface area contributed by atoms with E-state index in [0.717, 1.165) is 10.9 Å². The number of hydrogen-bond acceptors (Lipinski definition) is 4. The van der Waals surface area contributed by atoms with Gasteiger partial charge in [-0.3, -0.25) is 15.0 Å². The molecular weight excluding hydrogens is 370 g/mol. The predicted octanol–water partition coefficient (Wildman–Crippen LogP) is 2.20. The minimum Gasteiger partial charge on any atom is -0.395 e. The number of nitrogens with one attached hydrogen (secondary N) is 3. The van der Waals surface area contributed by atoms with Crippen molar-refractivity contribution in [3.63, 3.8) is 0 Å². The van der Waals surface area contributed by atoms with Crippen LogP contribution in [0.25, 0.3) is 10.9 Å². The van der Waals surface area contributed by atoms with Crippen molar-refractivity contribution in [1.82, 2.24) is 4.98 Å². The standard InChI is InChI=1S/C21H23N5O3/c22-21(23)14-1-3-16(4-2-14)25-19(28)7-8-20(29)26(11-12-27)17-5-6-18-15(13-17)9-10-24-18/h1-6,9-10,13,24,27H,7-8,11-12H2,(H3,22,23)(H,25,28). The summed E-state index contributed by atoms with van der Waals surface area (Å²) in [4.78, 5) is 29.4. The zero-order valence-corrected chi connectivity index (χ0v) is 15.8. The fraction of sp³-hybridized carbons (Fsp3) is 0.190. The Morgan fingerprint density at radius 1 is 1.10 bits per heavy atom. The van der Waals surface area contributed by atoms with Gasteiger partial charge < -0.3 is 26.0 Å². The topological polar surface area (TPSA) is 135 Å². The second kappa shape index (κ2) is 9.03. The molecule has 0 atom stereocenters. The highest BCUT2D eigenvalue weighted by atomic mass is 16.3. The van der Waals surface area contributed by atoms with Gasteiger partial charge in [-0.25, -0.2) is 0 Å². The van der Waals surface area contributed by atoms with Crippen molar-refractivity contribution >= 4 is 39.9 Å². The third kappa shape index (κ3) is 4.99. The van der Waals surface area contributed by atoms with Crippen LogP contribution in [0.5, 0.6) is 0 Å². The van der Waals surface area contributed by atoms with E-state index in [4.69, 9.17) is 11.1 Å². The summed E-state index contributed by atoms with van der Waals surface area (Å²) >= 11 is 0. The highest BCUT2D eigenvalue weighted by Crippen LogP contribution is 2.22. The summed E-state index contributed by atoms with van der Waals surface area (Å²) in [5.74, 6) is -0.578. The van der Waals surface area contributed by atoms with E-state index in [1.165, 1.54) is 4.90 Å². The van der Waals surface area contributed by atoms with E-state index >= 15 is 0 Å². The number of benzene rings is 2. The van der Waals surface area contributed by atoms with Gasteiger partial charge in [-0.05, 0) is 48.5 Å². The van der Waals surface area contributed by atoms with Gasteiger partial charge in [0.1, 0.15) is 5.84 Å². The first kappa shape index (κ1) is 20.1. The second-order valence-electron chi connectivity index (χ2n) is 6.56.